The van der Waals surface area contributed by atoms with Gasteiger partial charge in [-0.2, -0.15) is 13.2 Å². The number of alkyl halides is 3. The first-order valence-electron chi connectivity index (χ1n) is 8.66. The third-order valence-electron chi connectivity index (χ3n) is 4.62. The van der Waals surface area contributed by atoms with Crippen LogP contribution in [-0.2, 0) is 22.2 Å². The molecule has 0 saturated carbocycles. The van der Waals surface area contributed by atoms with Gasteiger partial charge in [0, 0.05) is 24.3 Å². The number of nitrogens with zero attached hydrogens (tertiary/aromatic N) is 1. The maximum atomic E-state index is 12.8. The van der Waals surface area contributed by atoms with Gasteiger partial charge in [-0.15, -0.1) is 0 Å². The molecular formula is C20H19F3N2O2. The first-order chi connectivity index (χ1) is 12.8. The first kappa shape index (κ1) is 18.9. The number of hydrogen-bond acceptors (Lipinski definition) is 2. The number of aryl methyl sites for hydroxylation is 1. The fourth-order valence-electron chi connectivity index (χ4n) is 3.21. The largest absolute Gasteiger partial charge is 0.416 e. The molecule has 1 fully saturated rings. The molecule has 2 aromatic rings. The molecule has 0 radical (unpaired) electrons. The predicted octanol–water partition coefficient (Wildman–Crippen LogP) is 4.26. The van der Waals surface area contributed by atoms with Crippen LogP contribution in [0.25, 0.3) is 0 Å². The molecule has 0 aliphatic carbocycles. The number of carbonyl (C=O) groups excluding carboxylic acids is 2. The lowest BCUT2D eigenvalue weighted by molar-refractivity contribution is -0.137. The lowest BCUT2D eigenvalue weighted by Crippen LogP contribution is -2.28. The number of para-hydroxylation sites is 1. The third kappa shape index (κ3) is 4.13. The van der Waals surface area contributed by atoms with Gasteiger partial charge in [0.25, 0.3) is 0 Å². The number of rotatable bonds is 4. The fraction of sp³-hybridized carbons (Fsp3) is 0.300. The second-order valence-electron chi connectivity index (χ2n) is 6.46. The van der Waals surface area contributed by atoms with Crippen LogP contribution in [0.4, 0.5) is 24.5 Å². The molecule has 1 aliphatic rings. The summed E-state index contributed by atoms with van der Waals surface area (Å²) >= 11 is 0. The van der Waals surface area contributed by atoms with Gasteiger partial charge in [0.05, 0.1) is 11.5 Å². The van der Waals surface area contributed by atoms with Crippen molar-refractivity contribution in [2.45, 2.75) is 25.9 Å². The number of carbonyl (C=O) groups is 2. The average Bonchev–Trinajstić information content (AvgIpc) is 3.03. The van der Waals surface area contributed by atoms with Gasteiger partial charge >= 0.3 is 6.18 Å². The van der Waals surface area contributed by atoms with Crippen molar-refractivity contribution >= 4 is 23.2 Å². The van der Waals surface area contributed by atoms with Gasteiger partial charge in [0.2, 0.25) is 11.8 Å². The van der Waals surface area contributed by atoms with E-state index < -0.39 is 23.6 Å². The van der Waals surface area contributed by atoms with Crippen molar-refractivity contribution in [2.24, 2.45) is 5.92 Å². The van der Waals surface area contributed by atoms with Crippen molar-refractivity contribution < 1.29 is 22.8 Å². The predicted molar refractivity (Wildman–Crippen MR) is 96.4 cm³/mol. The Labute approximate surface area is 155 Å². The quantitative estimate of drug-likeness (QED) is 0.867. The van der Waals surface area contributed by atoms with Gasteiger partial charge in [-0.05, 0) is 36.2 Å². The van der Waals surface area contributed by atoms with E-state index in [-0.39, 0.29) is 24.6 Å². The normalized spacial score (nSPS) is 17.3. The van der Waals surface area contributed by atoms with Crippen LogP contribution in [0.2, 0.25) is 0 Å². The minimum atomic E-state index is -4.48. The van der Waals surface area contributed by atoms with E-state index in [1.165, 1.54) is 12.1 Å². The molecule has 3 rings (SSSR count). The van der Waals surface area contributed by atoms with Crippen LogP contribution in [0.5, 0.6) is 0 Å². The Balaban J connectivity index is 1.73. The van der Waals surface area contributed by atoms with E-state index in [2.05, 4.69) is 5.32 Å². The zero-order chi connectivity index (χ0) is 19.6. The Hall–Kier alpha value is -2.83. The maximum Gasteiger partial charge on any atom is 0.416 e. The zero-order valence-corrected chi connectivity index (χ0v) is 14.7. The van der Waals surface area contributed by atoms with Gasteiger partial charge in [-0.3, -0.25) is 9.59 Å². The van der Waals surface area contributed by atoms with Crippen molar-refractivity contribution in [3.05, 3.63) is 59.7 Å². The molecule has 0 bridgehead atoms. The highest BCUT2D eigenvalue weighted by Crippen LogP contribution is 2.32. The van der Waals surface area contributed by atoms with E-state index in [1.54, 1.807) is 4.90 Å². The number of amides is 2. The topological polar surface area (TPSA) is 49.4 Å². The van der Waals surface area contributed by atoms with Gasteiger partial charge in [-0.1, -0.05) is 31.2 Å². The summed E-state index contributed by atoms with van der Waals surface area (Å²) in [5.41, 5.74) is 1.01. The minimum Gasteiger partial charge on any atom is -0.326 e. The lowest BCUT2D eigenvalue weighted by atomic mass is 10.1. The molecule has 1 saturated heterocycles. The molecule has 2 aromatic carbocycles. The Morgan fingerprint density at radius 2 is 1.93 bits per heavy atom. The average molecular weight is 376 g/mol. The number of benzene rings is 2. The standard InChI is InChI=1S/C20H19F3N2O2/c1-2-13-6-3-4-9-17(13)25-12-14(10-18(25)26)19(27)24-16-8-5-7-15(11-16)20(21,22)23/h3-9,11,14H,2,10,12H2,1H3,(H,24,27)/t14-/m1/s1. The van der Waals surface area contributed by atoms with E-state index in [0.29, 0.717) is 0 Å². The monoisotopic (exact) mass is 376 g/mol. The smallest absolute Gasteiger partial charge is 0.326 e. The first-order valence-corrected chi connectivity index (χ1v) is 8.66. The highest BCUT2D eigenvalue weighted by molar-refractivity contribution is 6.03. The summed E-state index contributed by atoms with van der Waals surface area (Å²) in [4.78, 5) is 26.5. The Morgan fingerprint density at radius 1 is 1.19 bits per heavy atom. The highest BCUT2D eigenvalue weighted by Gasteiger charge is 2.36. The van der Waals surface area contributed by atoms with Gasteiger partial charge in [0.1, 0.15) is 0 Å². The van der Waals surface area contributed by atoms with Crippen LogP contribution >= 0.6 is 0 Å². The van der Waals surface area contributed by atoms with Crippen LogP contribution in [0.1, 0.15) is 24.5 Å². The van der Waals surface area contributed by atoms with Crippen molar-refractivity contribution in [3.8, 4) is 0 Å². The summed E-state index contributed by atoms with van der Waals surface area (Å²) < 4.78 is 38.4. The second kappa shape index (κ2) is 7.42. The summed E-state index contributed by atoms with van der Waals surface area (Å²) in [6.45, 7) is 2.19. The third-order valence-corrected chi connectivity index (χ3v) is 4.62. The molecule has 1 aliphatic heterocycles. The van der Waals surface area contributed by atoms with Crippen molar-refractivity contribution in [1.82, 2.24) is 0 Å². The van der Waals surface area contributed by atoms with Crippen LogP contribution in [0.15, 0.2) is 48.5 Å². The fourth-order valence-corrected chi connectivity index (χ4v) is 3.21. The van der Waals surface area contributed by atoms with E-state index in [4.69, 9.17) is 0 Å². The number of hydrogen-bond donors (Lipinski definition) is 1. The van der Waals surface area contributed by atoms with Gasteiger partial charge in [0.15, 0.2) is 0 Å². The van der Waals surface area contributed by atoms with Crippen LogP contribution in [0, 0.1) is 5.92 Å². The molecule has 0 spiro atoms. The molecule has 0 unspecified atom stereocenters. The van der Waals surface area contributed by atoms with E-state index >= 15 is 0 Å². The highest BCUT2D eigenvalue weighted by atomic mass is 19.4. The van der Waals surface area contributed by atoms with Gasteiger partial charge in [-0.25, -0.2) is 0 Å². The van der Waals surface area contributed by atoms with E-state index in [1.807, 2.05) is 31.2 Å². The lowest BCUT2D eigenvalue weighted by Gasteiger charge is -2.20. The molecule has 2 amide bonds. The molecular weight excluding hydrogens is 357 g/mol. The summed E-state index contributed by atoms with van der Waals surface area (Å²) in [5.74, 6) is -1.24. The molecule has 27 heavy (non-hydrogen) atoms. The number of nitrogens with one attached hydrogen (secondary N) is 1. The van der Waals surface area contributed by atoms with Crippen LogP contribution < -0.4 is 10.2 Å². The van der Waals surface area contributed by atoms with Gasteiger partial charge < -0.3 is 10.2 Å². The molecule has 142 valence electrons. The Bertz CT molecular complexity index is 864. The van der Waals surface area contributed by atoms with Crippen LogP contribution in [-0.4, -0.2) is 18.4 Å². The molecule has 1 atom stereocenters. The van der Waals surface area contributed by atoms with Crippen molar-refractivity contribution in [2.75, 3.05) is 16.8 Å². The molecule has 0 aromatic heterocycles. The minimum absolute atomic E-state index is 0.0306. The number of halogens is 3. The summed E-state index contributed by atoms with van der Waals surface area (Å²) in [6.07, 6.45) is -3.70. The van der Waals surface area contributed by atoms with Crippen molar-refractivity contribution in [3.63, 3.8) is 0 Å². The summed E-state index contributed by atoms with van der Waals surface area (Å²) in [5, 5.41) is 2.50. The molecule has 1 heterocycles. The second-order valence-corrected chi connectivity index (χ2v) is 6.46. The van der Waals surface area contributed by atoms with Crippen LogP contribution in [0.3, 0.4) is 0 Å². The maximum absolute atomic E-state index is 12.8. The SMILES string of the molecule is CCc1ccccc1N1C[C@H](C(=O)Nc2cccc(C(F)(F)F)c2)CC1=O. The Morgan fingerprint density at radius 3 is 2.63 bits per heavy atom. The molecule has 7 heteroatoms. The summed E-state index contributed by atoms with van der Waals surface area (Å²) in [6, 6.07) is 12.0. The molecule has 1 N–H and O–H groups in total. The number of anilines is 2. The zero-order valence-electron chi connectivity index (χ0n) is 14.7. The summed E-state index contributed by atoms with van der Waals surface area (Å²) in [7, 11) is 0. The molecule has 4 nitrogen and oxygen atoms in total. The van der Waals surface area contributed by atoms with E-state index in [0.717, 1.165) is 29.8 Å². The van der Waals surface area contributed by atoms with Crippen molar-refractivity contribution in [1.29, 1.82) is 0 Å². The van der Waals surface area contributed by atoms with E-state index in [9.17, 15) is 22.8 Å². The Kier molecular flexibility index (Phi) is 5.21.